The second-order valence-corrected chi connectivity index (χ2v) is 7.59. The van der Waals surface area contributed by atoms with Crippen molar-refractivity contribution in [2.24, 2.45) is 11.8 Å². The third kappa shape index (κ3) is 8.28. The van der Waals surface area contributed by atoms with Crippen LogP contribution in [-0.2, 0) is 9.59 Å². The topological polar surface area (TPSA) is 94.8 Å². The Morgan fingerprint density at radius 1 is 1.27 bits per heavy atom. The van der Waals surface area contributed by atoms with Gasteiger partial charge in [0.05, 0.1) is 11.7 Å². The lowest BCUT2D eigenvalue weighted by Gasteiger charge is -2.21. The van der Waals surface area contributed by atoms with Gasteiger partial charge in [0.25, 0.3) is 0 Å². The first-order chi connectivity index (χ1) is 12.3. The molecular formula is C21H34O5. The van der Waals surface area contributed by atoms with E-state index in [0.717, 1.165) is 19.3 Å². The number of ketones is 1. The summed E-state index contributed by atoms with van der Waals surface area (Å²) in [7, 11) is 0. The highest BCUT2D eigenvalue weighted by molar-refractivity contribution is 5.86. The summed E-state index contributed by atoms with van der Waals surface area (Å²) in [6.45, 7) is 3.87. The first kappa shape index (κ1) is 22.6. The van der Waals surface area contributed by atoms with Crippen LogP contribution in [0.25, 0.3) is 0 Å². The molecule has 0 amide bonds. The predicted octanol–water partition coefficient (Wildman–Crippen LogP) is 3.64. The van der Waals surface area contributed by atoms with Gasteiger partial charge in [-0.1, -0.05) is 50.5 Å². The van der Waals surface area contributed by atoms with Crippen LogP contribution in [0.2, 0.25) is 0 Å². The fourth-order valence-electron chi connectivity index (χ4n) is 3.39. The molecule has 5 nitrogen and oxygen atoms in total. The van der Waals surface area contributed by atoms with Crippen molar-refractivity contribution in [2.75, 3.05) is 0 Å². The molecule has 0 spiro atoms. The first-order valence-electron chi connectivity index (χ1n) is 9.76. The van der Waals surface area contributed by atoms with E-state index in [1.165, 1.54) is 0 Å². The maximum Gasteiger partial charge on any atom is 0.303 e. The average Bonchev–Trinajstić information content (AvgIpc) is 2.82. The minimum atomic E-state index is -0.930. The number of carboxylic acids is 1. The number of carbonyl (C=O) groups is 2. The molecule has 5 heteroatoms. The fraction of sp³-hybridized carbons (Fsp3) is 0.714. The number of hydrogen-bond donors (Lipinski definition) is 3. The van der Waals surface area contributed by atoms with Crippen LogP contribution in [0.5, 0.6) is 0 Å². The molecule has 148 valence electrons. The minimum Gasteiger partial charge on any atom is -0.481 e. The van der Waals surface area contributed by atoms with E-state index in [0.29, 0.717) is 25.7 Å². The molecule has 0 aromatic heterocycles. The van der Waals surface area contributed by atoms with Gasteiger partial charge in [-0.05, 0) is 32.6 Å². The molecule has 1 unspecified atom stereocenters. The van der Waals surface area contributed by atoms with Gasteiger partial charge in [-0.2, -0.15) is 0 Å². The smallest absolute Gasteiger partial charge is 0.303 e. The lowest BCUT2D eigenvalue weighted by Crippen LogP contribution is -2.23. The molecule has 1 aliphatic carbocycles. The normalized spacial score (nSPS) is 26.0. The number of rotatable bonds is 12. The number of allylic oxidation sites excluding steroid dienone is 3. The molecule has 0 saturated heterocycles. The molecule has 0 aliphatic heterocycles. The van der Waals surface area contributed by atoms with Crippen LogP contribution in [-0.4, -0.2) is 38.8 Å². The summed E-state index contributed by atoms with van der Waals surface area (Å²) in [6.07, 6.45) is 12.6. The second-order valence-electron chi connectivity index (χ2n) is 7.59. The monoisotopic (exact) mass is 366 g/mol. The molecule has 0 heterocycles. The maximum absolute atomic E-state index is 12.2. The zero-order valence-corrected chi connectivity index (χ0v) is 16.1. The summed E-state index contributed by atoms with van der Waals surface area (Å²) < 4.78 is 0. The van der Waals surface area contributed by atoms with E-state index in [1.807, 2.05) is 12.2 Å². The molecule has 3 N–H and O–H groups in total. The Bertz CT molecular complexity index is 507. The van der Waals surface area contributed by atoms with Gasteiger partial charge in [-0.3, -0.25) is 9.59 Å². The summed E-state index contributed by atoms with van der Waals surface area (Å²) in [4.78, 5) is 22.7. The number of Topliss-reactive ketones (excluding diaryl/α,β-unsaturated/α-hetero) is 1. The van der Waals surface area contributed by atoms with Crippen molar-refractivity contribution >= 4 is 11.8 Å². The van der Waals surface area contributed by atoms with Gasteiger partial charge in [0, 0.05) is 24.7 Å². The molecule has 1 fully saturated rings. The second kappa shape index (κ2) is 11.3. The Morgan fingerprint density at radius 2 is 2.00 bits per heavy atom. The first-order valence-corrected chi connectivity index (χ1v) is 9.76. The Kier molecular flexibility index (Phi) is 9.81. The van der Waals surface area contributed by atoms with Crippen molar-refractivity contribution in [3.8, 4) is 0 Å². The summed E-state index contributed by atoms with van der Waals surface area (Å²) in [6, 6.07) is 0. The van der Waals surface area contributed by atoms with Crippen molar-refractivity contribution < 1.29 is 24.9 Å². The van der Waals surface area contributed by atoms with E-state index in [9.17, 15) is 19.8 Å². The Hall–Kier alpha value is -1.46. The van der Waals surface area contributed by atoms with Crippen molar-refractivity contribution in [1.29, 1.82) is 0 Å². The van der Waals surface area contributed by atoms with E-state index in [4.69, 9.17) is 5.11 Å². The Labute approximate surface area is 156 Å². The van der Waals surface area contributed by atoms with Crippen molar-refractivity contribution in [1.82, 2.24) is 0 Å². The summed E-state index contributed by atoms with van der Waals surface area (Å²) in [5, 5.41) is 29.2. The SMILES string of the molecule is CCCCC[C@](C)(O)/C=C/[C@H]1C(=O)CC(O)[C@@H]1C/C=C\CCCC(=O)O. The minimum absolute atomic E-state index is 0.0161. The molecular weight excluding hydrogens is 332 g/mol. The molecule has 0 aromatic rings. The van der Waals surface area contributed by atoms with Crippen molar-refractivity contribution in [3.63, 3.8) is 0 Å². The molecule has 0 bridgehead atoms. The number of aliphatic hydroxyl groups excluding tert-OH is 1. The van der Waals surface area contributed by atoms with Crippen LogP contribution < -0.4 is 0 Å². The van der Waals surface area contributed by atoms with Gasteiger partial charge < -0.3 is 15.3 Å². The van der Waals surface area contributed by atoms with E-state index >= 15 is 0 Å². The zero-order valence-electron chi connectivity index (χ0n) is 16.1. The molecule has 0 radical (unpaired) electrons. The van der Waals surface area contributed by atoms with Gasteiger partial charge >= 0.3 is 5.97 Å². The fourth-order valence-corrected chi connectivity index (χ4v) is 3.39. The number of aliphatic hydroxyl groups is 2. The van der Waals surface area contributed by atoms with E-state index in [1.54, 1.807) is 19.1 Å². The molecule has 1 saturated carbocycles. The lowest BCUT2D eigenvalue weighted by atomic mass is 9.88. The highest BCUT2D eigenvalue weighted by Gasteiger charge is 2.39. The van der Waals surface area contributed by atoms with Crippen molar-refractivity contribution in [3.05, 3.63) is 24.3 Å². The molecule has 4 atom stereocenters. The van der Waals surface area contributed by atoms with Gasteiger partial charge in [0.1, 0.15) is 5.78 Å². The molecule has 26 heavy (non-hydrogen) atoms. The Morgan fingerprint density at radius 3 is 2.65 bits per heavy atom. The van der Waals surface area contributed by atoms with Gasteiger partial charge in [-0.25, -0.2) is 0 Å². The Balaban J connectivity index is 2.58. The lowest BCUT2D eigenvalue weighted by molar-refractivity contribution is -0.137. The third-order valence-corrected chi connectivity index (χ3v) is 5.02. The average molecular weight is 366 g/mol. The van der Waals surface area contributed by atoms with Crippen LogP contribution >= 0.6 is 0 Å². The highest BCUT2D eigenvalue weighted by Crippen LogP contribution is 2.34. The van der Waals surface area contributed by atoms with Gasteiger partial charge in [0.15, 0.2) is 0 Å². The number of carbonyl (C=O) groups excluding carboxylic acids is 1. The number of unbranched alkanes of at least 4 members (excludes halogenated alkanes) is 3. The maximum atomic E-state index is 12.2. The van der Waals surface area contributed by atoms with Crippen molar-refractivity contribution in [2.45, 2.75) is 83.3 Å². The predicted molar refractivity (Wildman–Crippen MR) is 102 cm³/mol. The van der Waals surface area contributed by atoms with E-state index in [2.05, 4.69) is 6.92 Å². The van der Waals surface area contributed by atoms with Crippen LogP contribution in [0.4, 0.5) is 0 Å². The van der Waals surface area contributed by atoms with Crippen LogP contribution in [0, 0.1) is 11.8 Å². The van der Waals surface area contributed by atoms with E-state index < -0.39 is 17.7 Å². The molecule has 1 rings (SSSR count). The highest BCUT2D eigenvalue weighted by atomic mass is 16.4. The number of hydrogen-bond acceptors (Lipinski definition) is 4. The largest absolute Gasteiger partial charge is 0.481 e. The summed E-state index contributed by atoms with van der Waals surface area (Å²) in [5.74, 6) is -1.33. The third-order valence-electron chi connectivity index (χ3n) is 5.02. The van der Waals surface area contributed by atoms with Gasteiger partial charge in [-0.15, -0.1) is 0 Å². The van der Waals surface area contributed by atoms with E-state index in [-0.39, 0.29) is 30.5 Å². The molecule has 0 aromatic carbocycles. The van der Waals surface area contributed by atoms with Crippen LogP contribution in [0.15, 0.2) is 24.3 Å². The number of carboxylic acid groups (broad SMARTS) is 1. The molecule has 1 aliphatic rings. The standard InChI is InChI=1S/C21H34O5/c1-3-4-9-13-21(2,26)14-12-17-16(18(22)15-19(17)23)10-7-5-6-8-11-20(24)25/h5,7,12,14,16-18,22,26H,3-4,6,8-11,13,15H2,1-2H3,(H,24,25)/b7-5-,14-12+/t16-,17-,18?,21+/m1/s1. The quantitative estimate of drug-likeness (QED) is 0.362. The van der Waals surface area contributed by atoms with Crippen LogP contribution in [0.3, 0.4) is 0 Å². The zero-order chi connectivity index (χ0) is 19.6. The summed E-state index contributed by atoms with van der Waals surface area (Å²) in [5.41, 5.74) is -0.930. The number of aliphatic carboxylic acids is 1. The van der Waals surface area contributed by atoms with Crippen LogP contribution in [0.1, 0.15) is 71.6 Å². The van der Waals surface area contributed by atoms with Gasteiger partial charge in [0.2, 0.25) is 0 Å². The summed E-state index contributed by atoms with van der Waals surface area (Å²) >= 11 is 0.